The van der Waals surface area contributed by atoms with E-state index in [9.17, 15) is 0 Å². The molecule has 3 aromatic heterocycles. The molecule has 0 saturated carbocycles. The van der Waals surface area contributed by atoms with Crippen molar-refractivity contribution in [2.45, 2.75) is 19.6 Å². The molecular formula is C19H22IN9. The Balaban J connectivity index is 0.00000240. The molecule has 0 aliphatic carbocycles. The van der Waals surface area contributed by atoms with E-state index in [0.29, 0.717) is 25.6 Å². The van der Waals surface area contributed by atoms with E-state index in [1.54, 1.807) is 24.4 Å². The first kappa shape index (κ1) is 20.7. The molecule has 29 heavy (non-hydrogen) atoms. The van der Waals surface area contributed by atoms with Crippen molar-refractivity contribution < 1.29 is 0 Å². The minimum atomic E-state index is 0. The first-order valence-electron chi connectivity index (χ1n) is 8.95. The Hall–Kier alpha value is -3.02. The predicted octanol–water partition coefficient (Wildman–Crippen LogP) is 1.85. The fourth-order valence-corrected chi connectivity index (χ4v) is 2.92. The van der Waals surface area contributed by atoms with Crippen LogP contribution in [0.15, 0.2) is 66.3 Å². The molecule has 0 amide bonds. The van der Waals surface area contributed by atoms with Crippen molar-refractivity contribution in [3.05, 3.63) is 78.3 Å². The zero-order chi connectivity index (χ0) is 19.2. The lowest BCUT2D eigenvalue weighted by Crippen LogP contribution is -2.36. The Morgan fingerprint density at radius 1 is 1.03 bits per heavy atom. The number of guanidine groups is 1. The van der Waals surface area contributed by atoms with Crippen molar-refractivity contribution >= 4 is 35.6 Å². The summed E-state index contributed by atoms with van der Waals surface area (Å²) in [7, 11) is 1.75. The Morgan fingerprint density at radius 2 is 1.90 bits per heavy atom. The quantitative estimate of drug-likeness (QED) is 0.237. The maximum atomic E-state index is 4.28. The molecule has 0 aliphatic heterocycles. The largest absolute Gasteiger partial charge is 0.352 e. The number of fused-ring (bicyclic) bond motifs is 1. The summed E-state index contributed by atoms with van der Waals surface area (Å²) in [4.78, 5) is 8.26. The third-order valence-corrected chi connectivity index (χ3v) is 4.28. The molecule has 3 heterocycles. The number of benzene rings is 1. The minimum absolute atomic E-state index is 0. The van der Waals surface area contributed by atoms with Gasteiger partial charge >= 0.3 is 0 Å². The van der Waals surface area contributed by atoms with Gasteiger partial charge < -0.3 is 10.6 Å². The molecule has 0 radical (unpaired) electrons. The highest BCUT2D eigenvalue weighted by atomic mass is 127. The van der Waals surface area contributed by atoms with E-state index in [1.807, 2.05) is 34.9 Å². The van der Waals surface area contributed by atoms with Crippen LogP contribution in [0.2, 0.25) is 0 Å². The molecule has 0 atom stereocenters. The normalized spacial score (nSPS) is 11.3. The zero-order valence-electron chi connectivity index (χ0n) is 15.9. The lowest BCUT2D eigenvalue weighted by Gasteiger charge is -2.12. The van der Waals surface area contributed by atoms with E-state index in [2.05, 4.69) is 54.1 Å². The summed E-state index contributed by atoms with van der Waals surface area (Å²) >= 11 is 0. The van der Waals surface area contributed by atoms with Gasteiger partial charge in [0, 0.05) is 19.8 Å². The monoisotopic (exact) mass is 503 g/mol. The summed E-state index contributed by atoms with van der Waals surface area (Å²) in [6.45, 7) is 1.88. The van der Waals surface area contributed by atoms with Crippen LogP contribution in [0.4, 0.5) is 0 Å². The number of nitrogens with zero attached hydrogens (tertiary/aromatic N) is 7. The van der Waals surface area contributed by atoms with E-state index in [0.717, 1.165) is 17.0 Å². The van der Waals surface area contributed by atoms with E-state index in [1.165, 1.54) is 5.56 Å². The van der Waals surface area contributed by atoms with E-state index < -0.39 is 0 Å². The van der Waals surface area contributed by atoms with E-state index >= 15 is 0 Å². The van der Waals surface area contributed by atoms with Gasteiger partial charge in [-0.2, -0.15) is 5.10 Å². The number of pyridine rings is 1. The summed E-state index contributed by atoms with van der Waals surface area (Å²) in [5, 5.41) is 19.1. The van der Waals surface area contributed by atoms with E-state index in [4.69, 9.17) is 0 Å². The first-order chi connectivity index (χ1) is 13.8. The average molecular weight is 503 g/mol. The number of nitrogens with one attached hydrogen (secondary N) is 2. The molecule has 1 aromatic carbocycles. The molecule has 150 valence electrons. The molecule has 9 nitrogen and oxygen atoms in total. The number of hydrogen-bond acceptors (Lipinski definition) is 5. The lowest BCUT2D eigenvalue weighted by atomic mass is 10.1. The summed E-state index contributed by atoms with van der Waals surface area (Å²) in [6, 6.07) is 14.2. The van der Waals surface area contributed by atoms with Crippen molar-refractivity contribution in [1.29, 1.82) is 0 Å². The molecule has 10 heteroatoms. The fourth-order valence-electron chi connectivity index (χ4n) is 2.92. The van der Waals surface area contributed by atoms with Gasteiger partial charge in [-0.15, -0.1) is 34.2 Å². The summed E-state index contributed by atoms with van der Waals surface area (Å²) < 4.78 is 3.75. The number of rotatable bonds is 6. The minimum Gasteiger partial charge on any atom is -0.352 e. The smallest absolute Gasteiger partial charge is 0.191 e. The van der Waals surface area contributed by atoms with Crippen molar-refractivity contribution in [3.63, 3.8) is 0 Å². The fraction of sp³-hybridized carbons (Fsp3) is 0.211. The highest BCUT2D eigenvalue weighted by Crippen LogP contribution is 2.07. The van der Waals surface area contributed by atoms with Crippen LogP contribution in [0.3, 0.4) is 0 Å². The van der Waals surface area contributed by atoms with Gasteiger partial charge in [0.15, 0.2) is 17.4 Å². The highest BCUT2D eigenvalue weighted by molar-refractivity contribution is 14.0. The second-order valence-electron chi connectivity index (χ2n) is 6.24. The van der Waals surface area contributed by atoms with Crippen LogP contribution in [0, 0.1) is 0 Å². The van der Waals surface area contributed by atoms with Gasteiger partial charge in [0.05, 0.1) is 13.1 Å². The van der Waals surface area contributed by atoms with Gasteiger partial charge in [-0.1, -0.05) is 30.3 Å². The summed E-state index contributed by atoms with van der Waals surface area (Å²) in [6.07, 6.45) is 5.20. The van der Waals surface area contributed by atoms with E-state index in [-0.39, 0.29) is 24.0 Å². The van der Waals surface area contributed by atoms with Crippen molar-refractivity contribution in [3.8, 4) is 0 Å². The first-order valence-corrected chi connectivity index (χ1v) is 8.95. The topological polar surface area (TPSA) is 97.3 Å². The Labute approximate surface area is 185 Å². The van der Waals surface area contributed by atoms with Gasteiger partial charge in [0.25, 0.3) is 0 Å². The van der Waals surface area contributed by atoms with Gasteiger partial charge in [-0.25, -0.2) is 9.67 Å². The molecule has 4 rings (SSSR count). The molecular weight excluding hydrogens is 481 g/mol. The number of aliphatic imine (C=N–C) groups is 1. The standard InChI is InChI=1S/C19H21N9.HI/c1-20-19(23-11-18-26-25-17-7-2-3-8-28(17)18)22-10-15-5-4-6-16(9-15)12-27-14-21-13-24-27;/h2-9,13-14H,10-12H2,1H3,(H2,20,22,23);1H. The summed E-state index contributed by atoms with van der Waals surface area (Å²) in [5.74, 6) is 1.53. The van der Waals surface area contributed by atoms with Crippen LogP contribution in [0.25, 0.3) is 5.65 Å². The molecule has 4 aromatic rings. The van der Waals surface area contributed by atoms with Gasteiger partial charge in [0.1, 0.15) is 12.7 Å². The molecule has 0 aliphatic rings. The van der Waals surface area contributed by atoms with Crippen LogP contribution in [0.5, 0.6) is 0 Å². The van der Waals surface area contributed by atoms with Crippen LogP contribution in [0.1, 0.15) is 17.0 Å². The third-order valence-electron chi connectivity index (χ3n) is 4.28. The Kier molecular flexibility index (Phi) is 7.11. The number of aromatic nitrogens is 6. The predicted molar refractivity (Wildman–Crippen MR) is 121 cm³/mol. The van der Waals surface area contributed by atoms with Crippen LogP contribution in [-0.2, 0) is 19.6 Å². The van der Waals surface area contributed by atoms with Crippen LogP contribution < -0.4 is 10.6 Å². The molecule has 0 spiro atoms. The van der Waals surface area contributed by atoms with Gasteiger partial charge in [0.2, 0.25) is 0 Å². The average Bonchev–Trinajstić information content (AvgIpc) is 3.38. The second-order valence-corrected chi connectivity index (χ2v) is 6.24. The van der Waals surface area contributed by atoms with Gasteiger partial charge in [-0.05, 0) is 23.3 Å². The molecule has 2 N–H and O–H groups in total. The van der Waals surface area contributed by atoms with Crippen molar-refractivity contribution in [2.24, 2.45) is 4.99 Å². The third kappa shape index (κ3) is 5.28. The molecule has 0 unspecified atom stereocenters. The zero-order valence-corrected chi connectivity index (χ0v) is 18.3. The number of hydrogen-bond donors (Lipinski definition) is 2. The highest BCUT2D eigenvalue weighted by Gasteiger charge is 2.06. The van der Waals surface area contributed by atoms with Crippen LogP contribution in [-0.4, -0.2) is 42.4 Å². The second kappa shape index (κ2) is 9.96. The SMILES string of the molecule is CN=C(NCc1cccc(Cn2cncn2)c1)NCc1nnc2ccccn12.I. The molecule has 0 fully saturated rings. The van der Waals surface area contributed by atoms with Crippen molar-refractivity contribution in [2.75, 3.05) is 7.05 Å². The lowest BCUT2D eigenvalue weighted by molar-refractivity contribution is 0.683. The number of halogens is 1. The molecule has 0 saturated heterocycles. The molecule has 0 bridgehead atoms. The van der Waals surface area contributed by atoms with Crippen molar-refractivity contribution in [1.82, 2.24) is 40.0 Å². The van der Waals surface area contributed by atoms with Crippen LogP contribution >= 0.6 is 24.0 Å². The maximum Gasteiger partial charge on any atom is 0.191 e. The van der Waals surface area contributed by atoms with Gasteiger partial charge in [-0.3, -0.25) is 9.39 Å². The Bertz CT molecular complexity index is 1070. The maximum absolute atomic E-state index is 4.28. The summed E-state index contributed by atoms with van der Waals surface area (Å²) in [5.41, 5.74) is 3.16. The Morgan fingerprint density at radius 3 is 2.72 bits per heavy atom.